The maximum Gasteiger partial charge on any atom is 0.251 e. The van der Waals surface area contributed by atoms with Crippen LogP contribution in [0.3, 0.4) is 0 Å². The number of hydrogen-bond acceptors (Lipinski definition) is 3. The van der Waals surface area contributed by atoms with Gasteiger partial charge in [-0.1, -0.05) is 13.8 Å². The fraction of sp³-hybridized carbons (Fsp3) is 0.500. The molecule has 0 aliphatic rings. The summed E-state index contributed by atoms with van der Waals surface area (Å²) >= 11 is 0. The number of carbonyl (C=O) groups is 1. The van der Waals surface area contributed by atoms with Gasteiger partial charge in [-0.15, -0.1) is 0 Å². The van der Waals surface area contributed by atoms with E-state index in [4.69, 9.17) is 9.84 Å². The van der Waals surface area contributed by atoms with E-state index in [9.17, 15) is 4.79 Å². The molecule has 0 saturated heterocycles. The van der Waals surface area contributed by atoms with Crippen LogP contribution in [-0.4, -0.2) is 30.3 Å². The second kappa shape index (κ2) is 7.01. The van der Waals surface area contributed by atoms with Gasteiger partial charge in [0.15, 0.2) is 0 Å². The average molecular weight is 251 g/mol. The summed E-state index contributed by atoms with van der Waals surface area (Å²) in [5, 5.41) is 11.7. The molecule has 1 amide bonds. The van der Waals surface area contributed by atoms with Gasteiger partial charge in [-0.3, -0.25) is 4.79 Å². The van der Waals surface area contributed by atoms with Gasteiger partial charge in [-0.25, -0.2) is 0 Å². The number of aliphatic hydroxyl groups is 1. The Labute approximate surface area is 108 Å². The third-order valence-corrected chi connectivity index (χ3v) is 2.26. The molecule has 1 atom stereocenters. The van der Waals surface area contributed by atoms with Crippen molar-refractivity contribution in [2.45, 2.75) is 26.9 Å². The zero-order valence-corrected chi connectivity index (χ0v) is 11.1. The van der Waals surface area contributed by atoms with Crippen LogP contribution in [0.25, 0.3) is 0 Å². The molecule has 0 bridgehead atoms. The second-order valence-corrected chi connectivity index (χ2v) is 4.79. The number of rotatable bonds is 6. The zero-order valence-electron chi connectivity index (χ0n) is 11.1. The van der Waals surface area contributed by atoms with E-state index in [0.29, 0.717) is 18.1 Å². The minimum absolute atomic E-state index is 0.189. The van der Waals surface area contributed by atoms with Crippen LogP contribution in [0.1, 0.15) is 31.1 Å². The van der Waals surface area contributed by atoms with Crippen molar-refractivity contribution in [3.63, 3.8) is 0 Å². The summed E-state index contributed by atoms with van der Waals surface area (Å²) in [4.78, 5) is 11.7. The molecule has 0 heterocycles. The topological polar surface area (TPSA) is 58.6 Å². The van der Waals surface area contributed by atoms with Gasteiger partial charge in [0.25, 0.3) is 5.91 Å². The number of amides is 1. The van der Waals surface area contributed by atoms with E-state index in [0.717, 1.165) is 5.75 Å². The van der Waals surface area contributed by atoms with Gasteiger partial charge >= 0.3 is 0 Å². The Morgan fingerprint density at radius 1 is 1.28 bits per heavy atom. The normalized spacial score (nSPS) is 12.3. The van der Waals surface area contributed by atoms with Crippen molar-refractivity contribution in [2.24, 2.45) is 5.92 Å². The third-order valence-electron chi connectivity index (χ3n) is 2.26. The Balaban J connectivity index is 2.51. The molecule has 4 heteroatoms. The van der Waals surface area contributed by atoms with E-state index in [1.54, 1.807) is 31.2 Å². The van der Waals surface area contributed by atoms with Crippen LogP contribution in [0.15, 0.2) is 24.3 Å². The molecule has 0 spiro atoms. The van der Waals surface area contributed by atoms with Crippen LogP contribution in [0.5, 0.6) is 5.75 Å². The van der Waals surface area contributed by atoms with E-state index in [1.807, 2.05) is 0 Å². The Hall–Kier alpha value is -1.55. The van der Waals surface area contributed by atoms with E-state index >= 15 is 0 Å². The van der Waals surface area contributed by atoms with Crippen LogP contribution in [0, 0.1) is 5.92 Å². The van der Waals surface area contributed by atoms with Crippen molar-refractivity contribution in [1.82, 2.24) is 5.32 Å². The Bertz CT molecular complexity index is 371. The summed E-state index contributed by atoms with van der Waals surface area (Å²) < 4.78 is 5.53. The first-order chi connectivity index (χ1) is 8.49. The smallest absolute Gasteiger partial charge is 0.251 e. The fourth-order valence-corrected chi connectivity index (χ4v) is 1.31. The maximum atomic E-state index is 11.7. The molecule has 1 aromatic carbocycles. The average Bonchev–Trinajstić information content (AvgIpc) is 2.34. The molecule has 1 aromatic rings. The highest BCUT2D eigenvalue weighted by molar-refractivity contribution is 5.94. The molecule has 4 nitrogen and oxygen atoms in total. The molecule has 1 rings (SSSR count). The molecule has 0 fully saturated rings. The predicted molar refractivity (Wildman–Crippen MR) is 70.8 cm³/mol. The Morgan fingerprint density at radius 2 is 1.89 bits per heavy atom. The van der Waals surface area contributed by atoms with Gasteiger partial charge in [-0.2, -0.15) is 0 Å². The molecular weight excluding hydrogens is 230 g/mol. The van der Waals surface area contributed by atoms with Crippen LogP contribution < -0.4 is 10.1 Å². The van der Waals surface area contributed by atoms with Gasteiger partial charge in [0.2, 0.25) is 0 Å². The van der Waals surface area contributed by atoms with Crippen molar-refractivity contribution in [2.75, 3.05) is 13.2 Å². The van der Waals surface area contributed by atoms with Crippen LogP contribution in [-0.2, 0) is 0 Å². The molecular formula is C14H21NO3. The second-order valence-electron chi connectivity index (χ2n) is 4.79. The van der Waals surface area contributed by atoms with Crippen molar-refractivity contribution >= 4 is 5.91 Å². The molecule has 2 N–H and O–H groups in total. The van der Waals surface area contributed by atoms with Gasteiger partial charge in [0.05, 0.1) is 12.7 Å². The predicted octanol–water partition coefficient (Wildman–Crippen LogP) is 1.83. The molecule has 0 aromatic heterocycles. The lowest BCUT2D eigenvalue weighted by Gasteiger charge is -2.10. The van der Waals surface area contributed by atoms with Crippen LogP contribution >= 0.6 is 0 Å². The minimum Gasteiger partial charge on any atom is -0.493 e. The lowest BCUT2D eigenvalue weighted by molar-refractivity contribution is 0.0924. The summed E-state index contributed by atoms with van der Waals surface area (Å²) in [7, 11) is 0. The fourth-order valence-electron chi connectivity index (χ4n) is 1.31. The minimum atomic E-state index is -0.539. The highest BCUT2D eigenvalue weighted by Crippen LogP contribution is 2.13. The first-order valence-electron chi connectivity index (χ1n) is 6.18. The zero-order chi connectivity index (χ0) is 13.5. The van der Waals surface area contributed by atoms with E-state index in [2.05, 4.69) is 19.2 Å². The van der Waals surface area contributed by atoms with Crippen LogP contribution in [0.2, 0.25) is 0 Å². The molecule has 0 unspecified atom stereocenters. The summed E-state index contributed by atoms with van der Waals surface area (Å²) in [5.41, 5.74) is 0.563. The quantitative estimate of drug-likeness (QED) is 0.811. The van der Waals surface area contributed by atoms with Crippen molar-refractivity contribution in [3.05, 3.63) is 29.8 Å². The van der Waals surface area contributed by atoms with Crippen molar-refractivity contribution in [1.29, 1.82) is 0 Å². The highest BCUT2D eigenvalue weighted by atomic mass is 16.5. The molecule has 100 valence electrons. The molecule has 0 saturated carbocycles. The van der Waals surface area contributed by atoms with E-state index < -0.39 is 6.10 Å². The summed E-state index contributed by atoms with van der Waals surface area (Å²) in [5.74, 6) is 1.04. The van der Waals surface area contributed by atoms with E-state index in [1.165, 1.54) is 0 Å². The lowest BCUT2D eigenvalue weighted by atomic mass is 10.2. The van der Waals surface area contributed by atoms with Gasteiger partial charge < -0.3 is 15.2 Å². The van der Waals surface area contributed by atoms with Crippen LogP contribution in [0.4, 0.5) is 0 Å². The number of aliphatic hydroxyl groups excluding tert-OH is 1. The SMILES string of the molecule is CC(C)COc1ccc(C(=O)NC[C@H](C)O)cc1. The number of carbonyl (C=O) groups excluding carboxylic acids is 1. The molecule has 0 aliphatic carbocycles. The standard InChI is InChI=1S/C14H21NO3/c1-10(2)9-18-13-6-4-12(5-7-13)14(17)15-8-11(3)16/h4-7,10-11,16H,8-9H2,1-3H3,(H,15,17)/t11-/m0/s1. The van der Waals surface area contributed by atoms with Gasteiger partial charge in [-0.05, 0) is 37.1 Å². The van der Waals surface area contributed by atoms with Crippen molar-refractivity contribution in [3.8, 4) is 5.75 Å². The Kier molecular flexibility index (Phi) is 5.65. The van der Waals surface area contributed by atoms with Crippen molar-refractivity contribution < 1.29 is 14.6 Å². The number of nitrogens with one attached hydrogen (secondary N) is 1. The monoisotopic (exact) mass is 251 g/mol. The largest absolute Gasteiger partial charge is 0.493 e. The Morgan fingerprint density at radius 3 is 2.39 bits per heavy atom. The number of ether oxygens (including phenoxy) is 1. The molecule has 0 aliphatic heterocycles. The first-order valence-corrected chi connectivity index (χ1v) is 6.18. The maximum absolute atomic E-state index is 11.7. The summed E-state index contributed by atoms with van der Waals surface area (Å²) in [6.45, 7) is 6.71. The van der Waals surface area contributed by atoms with E-state index in [-0.39, 0.29) is 12.5 Å². The summed E-state index contributed by atoms with van der Waals surface area (Å²) in [6.07, 6.45) is -0.539. The highest BCUT2D eigenvalue weighted by Gasteiger charge is 2.06. The van der Waals surface area contributed by atoms with Gasteiger partial charge in [0.1, 0.15) is 5.75 Å². The number of hydrogen-bond donors (Lipinski definition) is 2. The molecule has 0 radical (unpaired) electrons. The lowest BCUT2D eigenvalue weighted by Crippen LogP contribution is -2.30. The first kappa shape index (κ1) is 14.5. The molecule has 18 heavy (non-hydrogen) atoms. The number of benzene rings is 1. The van der Waals surface area contributed by atoms with Gasteiger partial charge in [0, 0.05) is 12.1 Å². The summed E-state index contributed by atoms with van der Waals surface area (Å²) in [6, 6.07) is 6.99. The third kappa shape index (κ3) is 5.19.